The summed E-state index contributed by atoms with van der Waals surface area (Å²) in [7, 11) is 0. The SMILES string of the molecule is CCC(=O)Nc1c(F)cc(F)c(C2CCN(CCCNC(=O)C(c3ccccc3)c3ccccc3)CC2)c1F. The largest absolute Gasteiger partial charge is 0.355 e. The quantitative estimate of drug-likeness (QED) is 0.313. The highest BCUT2D eigenvalue weighted by atomic mass is 19.1. The molecule has 0 unspecified atom stereocenters. The Morgan fingerprint density at radius 3 is 2.08 bits per heavy atom. The molecule has 3 aromatic carbocycles. The Kier molecular flexibility index (Phi) is 9.76. The van der Waals surface area contributed by atoms with Crippen molar-refractivity contribution in [2.45, 2.75) is 44.4 Å². The first-order chi connectivity index (χ1) is 18.9. The van der Waals surface area contributed by atoms with Crippen LogP contribution in [0.15, 0.2) is 66.7 Å². The van der Waals surface area contributed by atoms with Crippen LogP contribution in [0.1, 0.15) is 61.1 Å². The van der Waals surface area contributed by atoms with Gasteiger partial charge in [0.15, 0.2) is 11.6 Å². The van der Waals surface area contributed by atoms with Gasteiger partial charge in [0.25, 0.3) is 0 Å². The lowest BCUT2D eigenvalue weighted by Gasteiger charge is -2.32. The van der Waals surface area contributed by atoms with Crippen LogP contribution in [0.3, 0.4) is 0 Å². The Hall–Kier alpha value is -3.65. The highest BCUT2D eigenvalue weighted by Gasteiger charge is 2.29. The number of carbonyl (C=O) groups excluding carboxylic acids is 2. The fraction of sp³-hybridized carbons (Fsp3) is 0.355. The number of halogens is 3. The van der Waals surface area contributed by atoms with Crippen molar-refractivity contribution in [3.05, 3.63) is 101 Å². The average Bonchev–Trinajstić information content (AvgIpc) is 2.95. The normalized spacial score (nSPS) is 14.4. The molecule has 0 atom stereocenters. The number of rotatable bonds is 10. The molecule has 1 aliphatic rings. The Labute approximate surface area is 227 Å². The van der Waals surface area contributed by atoms with Gasteiger partial charge in [-0.1, -0.05) is 67.6 Å². The van der Waals surface area contributed by atoms with E-state index in [1.54, 1.807) is 6.92 Å². The van der Waals surface area contributed by atoms with E-state index in [1.807, 2.05) is 60.7 Å². The Balaban J connectivity index is 1.29. The number of nitrogens with zero attached hydrogens (tertiary/aromatic N) is 1. The molecule has 8 heteroatoms. The van der Waals surface area contributed by atoms with E-state index in [4.69, 9.17) is 0 Å². The van der Waals surface area contributed by atoms with Crippen molar-refractivity contribution >= 4 is 17.5 Å². The molecule has 1 heterocycles. The number of nitrogens with one attached hydrogen (secondary N) is 2. The first-order valence-electron chi connectivity index (χ1n) is 13.5. The predicted molar refractivity (Wildman–Crippen MR) is 146 cm³/mol. The molecule has 0 bridgehead atoms. The Morgan fingerprint density at radius 2 is 1.51 bits per heavy atom. The number of likely N-dealkylation sites (tertiary alicyclic amines) is 1. The van der Waals surface area contributed by atoms with Crippen LogP contribution in [0.2, 0.25) is 0 Å². The molecule has 0 saturated carbocycles. The minimum absolute atomic E-state index is 0.0562. The van der Waals surface area contributed by atoms with Crippen molar-refractivity contribution in [2.24, 2.45) is 0 Å². The summed E-state index contributed by atoms with van der Waals surface area (Å²) < 4.78 is 43.8. The van der Waals surface area contributed by atoms with E-state index in [1.165, 1.54) is 0 Å². The molecular weight excluding hydrogens is 503 g/mol. The molecule has 4 rings (SSSR count). The zero-order chi connectivity index (χ0) is 27.8. The summed E-state index contributed by atoms with van der Waals surface area (Å²) in [5, 5.41) is 5.28. The van der Waals surface area contributed by atoms with Gasteiger partial charge in [-0.05, 0) is 55.9 Å². The summed E-state index contributed by atoms with van der Waals surface area (Å²) in [5.41, 5.74) is 1.12. The van der Waals surface area contributed by atoms with Crippen molar-refractivity contribution in [2.75, 3.05) is 31.5 Å². The molecule has 39 heavy (non-hydrogen) atoms. The zero-order valence-electron chi connectivity index (χ0n) is 22.1. The molecule has 206 valence electrons. The maximum Gasteiger partial charge on any atom is 0.232 e. The molecule has 1 saturated heterocycles. The van der Waals surface area contributed by atoms with Crippen molar-refractivity contribution in [1.82, 2.24) is 10.2 Å². The van der Waals surface area contributed by atoms with Crippen LogP contribution in [0.25, 0.3) is 0 Å². The van der Waals surface area contributed by atoms with Crippen molar-refractivity contribution in [3.63, 3.8) is 0 Å². The summed E-state index contributed by atoms with van der Waals surface area (Å²) in [6.45, 7) is 4.07. The summed E-state index contributed by atoms with van der Waals surface area (Å²) >= 11 is 0. The lowest BCUT2D eigenvalue weighted by molar-refractivity contribution is -0.121. The second kappa shape index (κ2) is 13.4. The molecule has 1 fully saturated rings. The number of hydrogen-bond donors (Lipinski definition) is 2. The fourth-order valence-electron chi connectivity index (χ4n) is 5.17. The number of hydrogen-bond acceptors (Lipinski definition) is 3. The molecule has 0 aliphatic carbocycles. The van der Waals surface area contributed by atoms with Crippen molar-refractivity contribution in [1.29, 1.82) is 0 Å². The van der Waals surface area contributed by atoms with E-state index >= 15 is 4.39 Å². The monoisotopic (exact) mass is 537 g/mol. The second-order valence-electron chi connectivity index (χ2n) is 9.86. The van der Waals surface area contributed by atoms with Crippen LogP contribution in [0.4, 0.5) is 18.9 Å². The van der Waals surface area contributed by atoms with Gasteiger partial charge in [0, 0.05) is 24.6 Å². The van der Waals surface area contributed by atoms with Crippen molar-refractivity contribution < 1.29 is 22.8 Å². The molecule has 5 nitrogen and oxygen atoms in total. The summed E-state index contributed by atoms with van der Waals surface area (Å²) in [6, 6.07) is 20.0. The first-order valence-corrected chi connectivity index (χ1v) is 13.5. The van der Waals surface area contributed by atoms with Gasteiger partial charge in [-0.2, -0.15) is 0 Å². The van der Waals surface area contributed by atoms with Gasteiger partial charge in [-0.15, -0.1) is 0 Å². The lowest BCUT2D eigenvalue weighted by Crippen LogP contribution is -2.37. The lowest BCUT2D eigenvalue weighted by atomic mass is 9.88. The number of carbonyl (C=O) groups is 2. The minimum Gasteiger partial charge on any atom is -0.355 e. The van der Waals surface area contributed by atoms with Gasteiger partial charge in [0.1, 0.15) is 11.5 Å². The van der Waals surface area contributed by atoms with Gasteiger partial charge >= 0.3 is 0 Å². The minimum atomic E-state index is -1.11. The maximum absolute atomic E-state index is 15.1. The van der Waals surface area contributed by atoms with E-state index in [2.05, 4.69) is 15.5 Å². The molecule has 2 N–H and O–H groups in total. The van der Waals surface area contributed by atoms with E-state index in [9.17, 15) is 18.4 Å². The molecule has 1 aliphatic heterocycles. The van der Waals surface area contributed by atoms with Gasteiger partial charge in [0.2, 0.25) is 11.8 Å². The fourth-order valence-corrected chi connectivity index (χ4v) is 5.17. The Bertz CT molecular complexity index is 1220. The van der Waals surface area contributed by atoms with E-state index in [0.29, 0.717) is 38.5 Å². The number of benzene rings is 3. The van der Waals surface area contributed by atoms with Crippen LogP contribution in [-0.2, 0) is 9.59 Å². The smallest absolute Gasteiger partial charge is 0.232 e. The van der Waals surface area contributed by atoms with Gasteiger partial charge in [0.05, 0.1) is 5.92 Å². The highest BCUT2D eigenvalue weighted by Crippen LogP contribution is 2.36. The van der Waals surface area contributed by atoms with Crippen LogP contribution in [-0.4, -0.2) is 42.9 Å². The van der Waals surface area contributed by atoms with Crippen LogP contribution < -0.4 is 10.6 Å². The van der Waals surface area contributed by atoms with Gasteiger partial charge in [-0.3, -0.25) is 9.59 Å². The zero-order valence-corrected chi connectivity index (χ0v) is 22.1. The third-order valence-electron chi connectivity index (χ3n) is 7.27. The second-order valence-corrected chi connectivity index (χ2v) is 9.86. The average molecular weight is 538 g/mol. The summed E-state index contributed by atoms with van der Waals surface area (Å²) in [5.74, 6) is -4.46. The molecule has 0 aromatic heterocycles. The number of anilines is 1. The molecule has 0 radical (unpaired) electrons. The Morgan fingerprint density at radius 1 is 0.923 bits per heavy atom. The van der Waals surface area contributed by atoms with Gasteiger partial charge < -0.3 is 15.5 Å². The van der Waals surface area contributed by atoms with E-state index < -0.39 is 40.9 Å². The van der Waals surface area contributed by atoms with E-state index in [-0.39, 0.29) is 17.9 Å². The predicted octanol–water partition coefficient (Wildman–Crippen LogP) is 5.97. The first kappa shape index (κ1) is 28.4. The summed E-state index contributed by atoms with van der Waals surface area (Å²) in [4.78, 5) is 27.0. The third kappa shape index (κ3) is 7.06. The topological polar surface area (TPSA) is 61.4 Å². The van der Waals surface area contributed by atoms with Crippen LogP contribution in [0, 0.1) is 17.5 Å². The van der Waals surface area contributed by atoms with Crippen molar-refractivity contribution in [3.8, 4) is 0 Å². The summed E-state index contributed by atoms with van der Waals surface area (Å²) in [6.07, 6.45) is 1.82. The molecule has 3 aromatic rings. The van der Waals surface area contributed by atoms with Crippen LogP contribution >= 0.6 is 0 Å². The third-order valence-corrected chi connectivity index (χ3v) is 7.27. The van der Waals surface area contributed by atoms with E-state index in [0.717, 1.165) is 24.1 Å². The molecule has 0 spiro atoms. The number of amides is 2. The molecular formula is C31H34F3N3O2. The number of piperidine rings is 1. The van der Waals surface area contributed by atoms with Crippen LogP contribution in [0.5, 0.6) is 0 Å². The maximum atomic E-state index is 15.1. The van der Waals surface area contributed by atoms with Gasteiger partial charge in [-0.25, -0.2) is 13.2 Å². The highest BCUT2D eigenvalue weighted by molar-refractivity contribution is 5.91. The molecule has 2 amide bonds. The standard InChI is InChI=1S/C31H34F3N3O2/c1-2-26(38)36-30-25(33)20-24(32)28(29(30)34)23-14-18-37(19-15-23)17-9-16-35-31(39)27(21-10-5-3-6-11-21)22-12-7-4-8-13-22/h3-8,10-13,20,23,27H,2,9,14-19H2,1H3,(H,35,39)(H,36,38).